The second kappa shape index (κ2) is 4.80. The maximum atomic E-state index is 13.2. The maximum absolute atomic E-state index is 13.2. The lowest BCUT2D eigenvalue weighted by molar-refractivity contribution is 0.607. The molecule has 0 saturated heterocycles. The van der Waals surface area contributed by atoms with Crippen LogP contribution in [-0.2, 0) is 0 Å². The highest BCUT2D eigenvalue weighted by molar-refractivity contribution is 5.58. The Morgan fingerprint density at radius 2 is 2.00 bits per heavy atom. The van der Waals surface area contributed by atoms with E-state index < -0.39 is 0 Å². The van der Waals surface area contributed by atoms with Crippen LogP contribution in [0.4, 0.5) is 16.0 Å². The first-order chi connectivity index (χ1) is 8.47. The highest BCUT2D eigenvalue weighted by Crippen LogP contribution is 2.23. The van der Waals surface area contributed by atoms with E-state index in [-0.39, 0.29) is 5.82 Å². The van der Waals surface area contributed by atoms with Gasteiger partial charge in [-0.2, -0.15) is 0 Å². The minimum atomic E-state index is -0.248. The van der Waals surface area contributed by atoms with Crippen molar-refractivity contribution in [3.05, 3.63) is 41.5 Å². The van der Waals surface area contributed by atoms with Crippen LogP contribution in [0, 0.1) is 19.7 Å². The zero-order valence-electron chi connectivity index (χ0n) is 11.2. The molecule has 3 nitrogen and oxygen atoms in total. The van der Waals surface area contributed by atoms with E-state index in [1.54, 1.807) is 6.07 Å². The fourth-order valence-corrected chi connectivity index (χ4v) is 1.85. The van der Waals surface area contributed by atoms with Crippen LogP contribution < -0.4 is 5.32 Å². The van der Waals surface area contributed by atoms with Crippen molar-refractivity contribution in [2.45, 2.75) is 33.7 Å². The van der Waals surface area contributed by atoms with Gasteiger partial charge in [0.15, 0.2) is 0 Å². The third-order valence-corrected chi connectivity index (χ3v) is 2.86. The van der Waals surface area contributed by atoms with Gasteiger partial charge in [-0.3, -0.25) is 0 Å². The van der Waals surface area contributed by atoms with Gasteiger partial charge in [0, 0.05) is 17.9 Å². The van der Waals surface area contributed by atoms with Crippen LogP contribution in [0.1, 0.15) is 31.1 Å². The second-order valence-electron chi connectivity index (χ2n) is 4.79. The lowest BCUT2D eigenvalue weighted by atomic mass is 10.2. The van der Waals surface area contributed by atoms with E-state index in [4.69, 9.17) is 0 Å². The van der Waals surface area contributed by atoms with E-state index >= 15 is 0 Å². The van der Waals surface area contributed by atoms with Crippen LogP contribution >= 0.6 is 0 Å². The Kier molecular flexibility index (Phi) is 3.36. The number of nitrogens with one attached hydrogen (secondary N) is 1. The van der Waals surface area contributed by atoms with Gasteiger partial charge in [-0.15, -0.1) is 0 Å². The van der Waals surface area contributed by atoms with Gasteiger partial charge in [-0.05, 0) is 45.4 Å². The molecule has 96 valence electrons. The van der Waals surface area contributed by atoms with Gasteiger partial charge in [0.25, 0.3) is 0 Å². The van der Waals surface area contributed by atoms with Gasteiger partial charge in [-0.25, -0.2) is 9.37 Å². The summed E-state index contributed by atoms with van der Waals surface area (Å²) in [5, 5.41) is 3.20. The number of anilines is 2. The molecule has 0 atom stereocenters. The summed E-state index contributed by atoms with van der Waals surface area (Å²) in [7, 11) is 0. The normalized spacial score (nSPS) is 11.0. The monoisotopic (exact) mass is 247 g/mol. The molecule has 0 bridgehead atoms. The van der Waals surface area contributed by atoms with Gasteiger partial charge in [-0.1, -0.05) is 6.07 Å². The Bertz CT molecular complexity index is 558. The summed E-state index contributed by atoms with van der Waals surface area (Å²) in [6.45, 7) is 8.06. The third kappa shape index (κ3) is 2.53. The maximum Gasteiger partial charge on any atom is 0.207 e. The summed E-state index contributed by atoms with van der Waals surface area (Å²) >= 11 is 0. The molecule has 0 amide bonds. The highest BCUT2D eigenvalue weighted by Gasteiger charge is 2.10. The molecule has 2 rings (SSSR count). The first-order valence-corrected chi connectivity index (χ1v) is 6.06. The minimum Gasteiger partial charge on any atom is -0.325 e. The van der Waals surface area contributed by atoms with Crippen molar-refractivity contribution < 1.29 is 4.39 Å². The molecule has 1 aromatic heterocycles. The predicted molar refractivity (Wildman–Crippen MR) is 71.8 cm³/mol. The van der Waals surface area contributed by atoms with Crippen molar-refractivity contribution in [3.8, 4) is 0 Å². The highest BCUT2D eigenvalue weighted by atomic mass is 19.1. The largest absolute Gasteiger partial charge is 0.325 e. The number of rotatable bonds is 3. The molecular formula is C14H18FN3. The van der Waals surface area contributed by atoms with Crippen LogP contribution in [0.5, 0.6) is 0 Å². The molecular weight excluding hydrogens is 229 g/mol. The molecule has 1 N–H and O–H groups in total. The second-order valence-corrected chi connectivity index (χ2v) is 4.79. The van der Waals surface area contributed by atoms with Crippen LogP contribution in [0.3, 0.4) is 0 Å². The molecule has 2 aromatic rings. The average Bonchev–Trinajstić information content (AvgIpc) is 2.65. The number of benzene rings is 1. The van der Waals surface area contributed by atoms with Crippen molar-refractivity contribution in [1.29, 1.82) is 0 Å². The zero-order chi connectivity index (χ0) is 13.3. The summed E-state index contributed by atoms with van der Waals surface area (Å²) in [6.07, 6.45) is 1.99. The molecule has 0 aliphatic carbocycles. The van der Waals surface area contributed by atoms with Gasteiger partial charge >= 0.3 is 0 Å². The number of aromatic nitrogens is 2. The predicted octanol–water partition coefficient (Wildman–Crippen LogP) is 3.96. The summed E-state index contributed by atoms with van der Waals surface area (Å²) in [5.41, 5.74) is 2.69. The Balaban J connectivity index is 2.36. The molecule has 4 heteroatoms. The first kappa shape index (κ1) is 12.6. The van der Waals surface area contributed by atoms with Crippen LogP contribution in [0.15, 0.2) is 24.4 Å². The van der Waals surface area contributed by atoms with E-state index in [9.17, 15) is 4.39 Å². The smallest absolute Gasteiger partial charge is 0.207 e. The van der Waals surface area contributed by atoms with E-state index in [2.05, 4.69) is 24.1 Å². The van der Waals surface area contributed by atoms with Crippen LogP contribution in [0.2, 0.25) is 0 Å². The first-order valence-electron chi connectivity index (χ1n) is 6.06. The Labute approximate surface area is 107 Å². The van der Waals surface area contributed by atoms with Gasteiger partial charge < -0.3 is 9.88 Å². The molecule has 1 heterocycles. The summed E-state index contributed by atoms with van der Waals surface area (Å²) in [4.78, 5) is 4.43. The van der Waals surface area contributed by atoms with Crippen molar-refractivity contribution in [2.24, 2.45) is 0 Å². The molecule has 0 unspecified atom stereocenters. The average molecular weight is 247 g/mol. The molecule has 0 aliphatic rings. The molecule has 0 fully saturated rings. The fraction of sp³-hybridized carbons (Fsp3) is 0.357. The number of hydrogen-bond acceptors (Lipinski definition) is 2. The van der Waals surface area contributed by atoms with E-state index in [0.717, 1.165) is 22.9 Å². The fourth-order valence-electron chi connectivity index (χ4n) is 1.85. The lowest BCUT2D eigenvalue weighted by Gasteiger charge is -2.14. The number of halogens is 1. The van der Waals surface area contributed by atoms with E-state index in [1.165, 1.54) is 12.1 Å². The topological polar surface area (TPSA) is 29.9 Å². The Morgan fingerprint density at radius 1 is 1.28 bits per heavy atom. The number of aryl methyl sites for hydroxylation is 2. The number of nitrogens with zero attached hydrogens (tertiary/aromatic N) is 2. The lowest BCUT2D eigenvalue weighted by Crippen LogP contribution is -2.06. The van der Waals surface area contributed by atoms with Gasteiger partial charge in [0.05, 0.1) is 5.69 Å². The summed E-state index contributed by atoms with van der Waals surface area (Å²) < 4.78 is 15.3. The summed E-state index contributed by atoms with van der Waals surface area (Å²) in [6, 6.07) is 5.01. The van der Waals surface area contributed by atoms with Crippen molar-refractivity contribution >= 4 is 11.6 Å². The van der Waals surface area contributed by atoms with Crippen molar-refractivity contribution in [3.63, 3.8) is 0 Å². The quantitative estimate of drug-likeness (QED) is 0.889. The zero-order valence-corrected chi connectivity index (χ0v) is 11.2. The number of hydrogen-bond donors (Lipinski definition) is 1. The summed E-state index contributed by atoms with van der Waals surface area (Å²) in [5.74, 6) is 0.499. The molecule has 0 aliphatic heterocycles. The van der Waals surface area contributed by atoms with Crippen molar-refractivity contribution in [1.82, 2.24) is 9.55 Å². The van der Waals surface area contributed by atoms with Gasteiger partial charge in [0.2, 0.25) is 5.95 Å². The van der Waals surface area contributed by atoms with Crippen molar-refractivity contribution in [2.75, 3.05) is 5.32 Å². The molecule has 18 heavy (non-hydrogen) atoms. The minimum absolute atomic E-state index is 0.248. The van der Waals surface area contributed by atoms with Gasteiger partial charge in [0.1, 0.15) is 5.82 Å². The molecule has 0 spiro atoms. The molecule has 0 radical (unpaired) electrons. The molecule has 0 saturated carbocycles. The van der Waals surface area contributed by atoms with E-state index in [0.29, 0.717) is 6.04 Å². The SMILES string of the molecule is Cc1cn(C(C)C)c(Nc2cc(F)ccc2C)n1. The van der Waals surface area contributed by atoms with Crippen LogP contribution in [-0.4, -0.2) is 9.55 Å². The Hall–Kier alpha value is -1.84. The molecule has 1 aromatic carbocycles. The van der Waals surface area contributed by atoms with Crippen LogP contribution in [0.25, 0.3) is 0 Å². The Morgan fingerprint density at radius 3 is 2.67 bits per heavy atom. The van der Waals surface area contributed by atoms with E-state index in [1.807, 2.05) is 24.6 Å². The number of imidazole rings is 1. The standard InChI is InChI=1S/C14H18FN3/c1-9(2)18-8-11(4)16-14(18)17-13-7-12(15)6-5-10(13)3/h5-9H,1-4H3,(H,16,17). The third-order valence-electron chi connectivity index (χ3n) is 2.86.